The zero-order valence-corrected chi connectivity index (χ0v) is 20.9. The molecule has 36 heavy (non-hydrogen) atoms. The number of hydrogen-bond acceptors (Lipinski definition) is 4. The predicted octanol–water partition coefficient (Wildman–Crippen LogP) is 7.35. The smallest absolute Gasteiger partial charge is 0.116 e. The van der Waals surface area contributed by atoms with Crippen molar-refractivity contribution in [3.63, 3.8) is 0 Å². The second kappa shape index (κ2) is 9.19. The number of aromatic amines is 2. The fraction of sp³-hybridized carbons (Fsp3) is 0.267. The van der Waals surface area contributed by atoms with Crippen molar-refractivity contribution in [2.24, 2.45) is 5.92 Å². The maximum atomic E-state index is 4.70. The first-order chi connectivity index (χ1) is 17.6. The van der Waals surface area contributed by atoms with Gasteiger partial charge >= 0.3 is 0 Å². The number of benzene rings is 2. The average Bonchev–Trinajstić information content (AvgIpc) is 3.53. The zero-order chi connectivity index (χ0) is 24.6. The monoisotopic (exact) mass is 476 g/mol. The van der Waals surface area contributed by atoms with E-state index in [0.29, 0.717) is 5.92 Å². The average molecular weight is 477 g/mol. The van der Waals surface area contributed by atoms with Gasteiger partial charge in [-0.3, -0.25) is 10.1 Å². The topological polar surface area (TPSA) is 72.6 Å². The van der Waals surface area contributed by atoms with E-state index >= 15 is 0 Å². The third-order valence-corrected chi connectivity index (χ3v) is 7.23. The largest absolute Gasteiger partial charge is 0.371 e. The van der Waals surface area contributed by atoms with Crippen LogP contribution in [-0.2, 0) is 0 Å². The molecule has 6 heteroatoms. The number of fused-ring (bicyclic) bond motifs is 2. The SMILES string of the molecule is C=C(Nc1cncc(-c2ccc3[nH]nc(-c4cc5c(N6CCCCC6)cccc5[nH]4)c3c2)c1)C(C)C. The van der Waals surface area contributed by atoms with E-state index < -0.39 is 0 Å². The van der Waals surface area contributed by atoms with E-state index in [1.807, 2.05) is 12.4 Å². The number of rotatable bonds is 6. The van der Waals surface area contributed by atoms with Crippen molar-refractivity contribution in [1.29, 1.82) is 0 Å². The van der Waals surface area contributed by atoms with E-state index in [4.69, 9.17) is 5.10 Å². The summed E-state index contributed by atoms with van der Waals surface area (Å²) in [6, 6.07) is 17.3. The highest BCUT2D eigenvalue weighted by atomic mass is 15.1. The van der Waals surface area contributed by atoms with Crippen LogP contribution < -0.4 is 10.2 Å². The maximum Gasteiger partial charge on any atom is 0.116 e. The number of allylic oxidation sites excluding steroid dienone is 1. The van der Waals surface area contributed by atoms with Gasteiger partial charge in [0.2, 0.25) is 0 Å². The Morgan fingerprint density at radius 3 is 2.64 bits per heavy atom. The molecule has 0 atom stereocenters. The fourth-order valence-electron chi connectivity index (χ4n) is 5.07. The molecule has 1 aliphatic rings. The molecule has 0 amide bonds. The highest BCUT2D eigenvalue weighted by Crippen LogP contribution is 2.35. The maximum absolute atomic E-state index is 4.70. The van der Waals surface area contributed by atoms with Crippen LogP contribution >= 0.6 is 0 Å². The van der Waals surface area contributed by atoms with Gasteiger partial charge in [-0.2, -0.15) is 5.10 Å². The van der Waals surface area contributed by atoms with Crippen molar-refractivity contribution in [3.8, 4) is 22.5 Å². The third-order valence-electron chi connectivity index (χ3n) is 7.23. The molecule has 1 aliphatic heterocycles. The molecule has 0 spiro atoms. The van der Waals surface area contributed by atoms with Crippen molar-refractivity contribution in [3.05, 3.63) is 73.2 Å². The van der Waals surface area contributed by atoms with Crippen LogP contribution in [0.3, 0.4) is 0 Å². The normalized spacial score (nSPS) is 14.1. The number of nitrogens with zero attached hydrogens (tertiary/aromatic N) is 3. The van der Waals surface area contributed by atoms with Crippen molar-refractivity contribution in [2.75, 3.05) is 23.3 Å². The van der Waals surface area contributed by atoms with Gasteiger partial charge in [0.15, 0.2) is 0 Å². The minimum Gasteiger partial charge on any atom is -0.371 e. The van der Waals surface area contributed by atoms with E-state index in [2.05, 4.69) is 94.2 Å². The number of pyridine rings is 1. The number of hydrogen-bond donors (Lipinski definition) is 3. The van der Waals surface area contributed by atoms with Crippen LogP contribution in [0, 0.1) is 5.92 Å². The summed E-state index contributed by atoms with van der Waals surface area (Å²) in [5, 5.41) is 13.7. The lowest BCUT2D eigenvalue weighted by Gasteiger charge is -2.29. The van der Waals surface area contributed by atoms with Crippen molar-refractivity contribution in [1.82, 2.24) is 20.2 Å². The molecule has 1 fully saturated rings. The molecule has 4 heterocycles. The Bertz CT molecular complexity index is 1550. The Kier molecular flexibility index (Phi) is 5.72. The van der Waals surface area contributed by atoms with Gasteiger partial charge < -0.3 is 15.2 Å². The highest BCUT2D eigenvalue weighted by Gasteiger charge is 2.17. The highest BCUT2D eigenvalue weighted by molar-refractivity contribution is 6.01. The van der Waals surface area contributed by atoms with Crippen LogP contribution in [0.15, 0.2) is 73.2 Å². The summed E-state index contributed by atoms with van der Waals surface area (Å²) in [5.74, 6) is 0.352. The predicted molar refractivity (Wildman–Crippen MR) is 150 cm³/mol. The summed E-state index contributed by atoms with van der Waals surface area (Å²) in [6.07, 6.45) is 7.59. The molecule has 0 aliphatic carbocycles. The van der Waals surface area contributed by atoms with E-state index in [1.54, 1.807) is 0 Å². The fourth-order valence-corrected chi connectivity index (χ4v) is 5.07. The Hall–Kier alpha value is -4.06. The first-order valence-electron chi connectivity index (χ1n) is 12.8. The van der Waals surface area contributed by atoms with Gasteiger partial charge in [-0.25, -0.2) is 0 Å². The molecule has 0 saturated carbocycles. The molecule has 6 rings (SSSR count). The van der Waals surface area contributed by atoms with Crippen molar-refractivity contribution in [2.45, 2.75) is 33.1 Å². The van der Waals surface area contributed by atoms with Gasteiger partial charge in [0.1, 0.15) is 5.69 Å². The number of anilines is 2. The standard InChI is InChI=1S/C30H32N6/c1-19(2)20(3)32-23-14-22(17-31-18-23)21-10-11-27-25(15-21)30(35-34-27)28-16-24-26(33-28)8-7-9-29(24)36-12-5-4-6-13-36/h7-11,14-19,32-33H,3-6,12-13H2,1-2H3,(H,34,35). The van der Waals surface area contributed by atoms with E-state index in [0.717, 1.165) is 63.4 Å². The molecular weight excluding hydrogens is 444 g/mol. The summed E-state index contributed by atoms with van der Waals surface area (Å²) in [5.41, 5.74) is 9.50. The lowest BCUT2D eigenvalue weighted by atomic mass is 10.0. The summed E-state index contributed by atoms with van der Waals surface area (Å²) in [4.78, 5) is 10.6. The number of H-pyrrole nitrogens is 2. The molecule has 5 aromatic rings. The van der Waals surface area contributed by atoms with Gasteiger partial charge in [-0.15, -0.1) is 0 Å². The molecule has 3 aromatic heterocycles. The van der Waals surface area contributed by atoms with E-state index in [9.17, 15) is 0 Å². The molecular formula is C30H32N6. The first kappa shape index (κ1) is 22.4. The van der Waals surface area contributed by atoms with Gasteiger partial charge in [-0.1, -0.05) is 32.6 Å². The molecule has 1 saturated heterocycles. The Morgan fingerprint density at radius 1 is 0.944 bits per heavy atom. The lowest BCUT2D eigenvalue weighted by Crippen LogP contribution is -2.29. The minimum absolute atomic E-state index is 0.352. The number of aromatic nitrogens is 4. The Morgan fingerprint density at radius 2 is 1.81 bits per heavy atom. The van der Waals surface area contributed by atoms with Crippen LogP contribution in [-0.4, -0.2) is 33.3 Å². The molecule has 0 bridgehead atoms. The number of nitrogens with one attached hydrogen (secondary N) is 3. The summed E-state index contributed by atoms with van der Waals surface area (Å²) in [7, 11) is 0. The molecule has 182 valence electrons. The second-order valence-electron chi connectivity index (χ2n) is 10.1. The van der Waals surface area contributed by atoms with Crippen molar-refractivity contribution >= 4 is 33.2 Å². The molecule has 0 unspecified atom stereocenters. The number of piperidine rings is 1. The van der Waals surface area contributed by atoms with Gasteiger partial charge in [0.05, 0.1) is 23.1 Å². The first-order valence-corrected chi connectivity index (χ1v) is 12.8. The van der Waals surface area contributed by atoms with E-state index in [-0.39, 0.29) is 0 Å². The van der Waals surface area contributed by atoms with Crippen LogP contribution in [0.5, 0.6) is 0 Å². The summed E-state index contributed by atoms with van der Waals surface area (Å²) in [6.45, 7) is 10.6. The van der Waals surface area contributed by atoms with Gasteiger partial charge in [0.25, 0.3) is 0 Å². The van der Waals surface area contributed by atoms with E-state index in [1.165, 1.54) is 30.3 Å². The van der Waals surface area contributed by atoms with Crippen LogP contribution in [0.25, 0.3) is 44.3 Å². The van der Waals surface area contributed by atoms with Crippen molar-refractivity contribution < 1.29 is 0 Å². The van der Waals surface area contributed by atoms with Crippen LogP contribution in [0.1, 0.15) is 33.1 Å². The molecule has 3 N–H and O–H groups in total. The minimum atomic E-state index is 0.352. The molecule has 6 nitrogen and oxygen atoms in total. The Balaban J connectivity index is 1.38. The summed E-state index contributed by atoms with van der Waals surface area (Å²) >= 11 is 0. The Labute approximate surface area is 211 Å². The molecule has 0 radical (unpaired) electrons. The van der Waals surface area contributed by atoms with Crippen LogP contribution in [0.4, 0.5) is 11.4 Å². The third kappa shape index (κ3) is 4.13. The lowest BCUT2D eigenvalue weighted by molar-refractivity contribution is 0.579. The van der Waals surface area contributed by atoms with Gasteiger partial charge in [0, 0.05) is 52.5 Å². The van der Waals surface area contributed by atoms with Crippen LogP contribution in [0.2, 0.25) is 0 Å². The zero-order valence-electron chi connectivity index (χ0n) is 20.9. The quantitative estimate of drug-likeness (QED) is 0.240. The molecule has 2 aromatic carbocycles. The van der Waals surface area contributed by atoms with Gasteiger partial charge in [-0.05, 0) is 67.1 Å². The second-order valence-corrected chi connectivity index (χ2v) is 10.1. The summed E-state index contributed by atoms with van der Waals surface area (Å²) < 4.78 is 0.